The summed E-state index contributed by atoms with van der Waals surface area (Å²) in [6, 6.07) is 7.39. The summed E-state index contributed by atoms with van der Waals surface area (Å²) in [7, 11) is 0. The summed E-state index contributed by atoms with van der Waals surface area (Å²) in [6.45, 7) is 9.45. The molecule has 0 aliphatic carbocycles. The van der Waals surface area contributed by atoms with Crippen molar-refractivity contribution in [3.8, 4) is 0 Å². The Morgan fingerprint density at radius 3 is 2.71 bits per heavy atom. The molecule has 3 heterocycles. The van der Waals surface area contributed by atoms with Crippen LogP contribution in [-0.2, 0) is 11.3 Å². The van der Waals surface area contributed by atoms with E-state index < -0.39 is 0 Å². The number of aliphatic hydroxyl groups excluding tert-OH is 1. The van der Waals surface area contributed by atoms with Crippen molar-refractivity contribution in [1.29, 1.82) is 0 Å². The largest absolute Gasteiger partial charge is 0.390 e. The van der Waals surface area contributed by atoms with Crippen molar-refractivity contribution in [2.24, 2.45) is 0 Å². The molecule has 160 valence electrons. The number of aliphatic hydroxyl groups is 1. The Morgan fingerprint density at radius 1 is 1.29 bits per heavy atom. The van der Waals surface area contributed by atoms with Gasteiger partial charge in [-0.2, -0.15) is 14.9 Å². The van der Waals surface area contributed by atoms with Crippen LogP contribution in [0.1, 0.15) is 16.8 Å². The molecule has 1 aromatic carbocycles. The lowest BCUT2D eigenvalue weighted by atomic mass is 10.1. The highest BCUT2D eigenvalue weighted by Gasteiger charge is 2.27. The number of nitrogens with zero attached hydrogens (tertiary/aromatic N) is 6. The molecule has 1 amide bonds. The van der Waals surface area contributed by atoms with Gasteiger partial charge in [0.1, 0.15) is 0 Å². The van der Waals surface area contributed by atoms with Crippen LogP contribution in [0.4, 0.5) is 17.3 Å². The van der Waals surface area contributed by atoms with Crippen molar-refractivity contribution in [2.45, 2.75) is 26.5 Å². The number of benzene rings is 1. The van der Waals surface area contributed by atoms with Gasteiger partial charge in [-0.1, -0.05) is 18.7 Å². The predicted molar refractivity (Wildman–Crippen MR) is 118 cm³/mol. The maximum Gasteiger partial charge on any atom is 0.251 e. The average molecular weight is 419 g/mol. The van der Waals surface area contributed by atoms with E-state index in [-0.39, 0.29) is 12.0 Å². The molecule has 0 spiro atoms. The van der Waals surface area contributed by atoms with Crippen LogP contribution in [0.3, 0.4) is 0 Å². The summed E-state index contributed by atoms with van der Waals surface area (Å²) in [5.74, 6) is 0.105. The summed E-state index contributed by atoms with van der Waals surface area (Å²) in [5, 5.41) is 18.9. The predicted octanol–water partition coefficient (Wildman–Crippen LogP) is 2.19. The van der Waals surface area contributed by atoms with Gasteiger partial charge in [-0.05, 0) is 37.6 Å². The monoisotopic (exact) mass is 419 g/mol. The first-order chi connectivity index (χ1) is 15.0. The number of hydrogen-bond donors (Lipinski definition) is 2. The molecule has 1 aliphatic heterocycles. The quantitative estimate of drug-likeness (QED) is 0.566. The minimum atomic E-state index is -0.311. The van der Waals surface area contributed by atoms with E-state index in [1.807, 2.05) is 38.2 Å². The van der Waals surface area contributed by atoms with Crippen LogP contribution in [0.2, 0.25) is 0 Å². The molecular formula is C22H25N7O2. The Morgan fingerprint density at radius 2 is 2.03 bits per heavy atom. The minimum absolute atomic E-state index is 0.257. The summed E-state index contributed by atoms with van der Waals surface area (Å²) >= 11 is 0. The number of likely N-dealkylation sites (tertiary alicyclic amines) is 1. The summed E-state index contributed by atoms with van der Waals surface area (Å²) in [5.41, 5.74) is 4.12. The van der Waals surface area contributed by atoms with Gasteiger partial charge in [0, 0.05) is 37.6 Å². The highest BCUT2D eigenvalue weighted by Crippen LogP contribution is 2.34. The molecule has 0 atom stereocenters. The van der Waals surface area contributed by atoms with Crippen molar-refractivity contribution in [3.05, 3.63) is 72.3 Å². The number of β-amino-alcohol motifs (C(OH)–C–C–N with tert-alkyl or cyclic N) is 1. The van der Waals surface area contributed by atoms with E-state index in [2.05, 4.69) is 26.8 Å². The zero-order chi connectivity index (χ0) is 22.0. The second-order valence-corrected chi connectivity index (χ2v) is 7.53. The van der Waals surface area contributed by atoms with Crippen LogP contribution in [0.5, 0.6) is 0 Å². The van der Waals surface area contributed by atoms with Gasteiger partial charge in [0.25, 0.3) is 5.95 Å². The van der Waals surface area contributed by atoms with Gasteiger partial charge in [0.2, 0.25) is 5.91 Å². The number of carbonyl (C=O) groups excluding carboxylic acids is 1. The number of nitrogens with one attached hydrogen (secondary N) is 1. The van der Waals surface area contributed by atoms with Crippen LogP contribution in [-0.4, -0.2) is 55.0 Å². The minimum Gasteiger partial charge on any atom is -0.390 e. The third-order valence-corrected chi connectivity index (χ3v) is 5.16. The van der Waals surface area contributed by atoms with Crippen LogP contribution in [0.25, 0.3) is 0 Å². The van der Waals surface area contributed by atoms with Gasteiger partial charge in [-0.25, -0.2) is 9.97 Å². The van der Waals surface area contributed by atoms with Crippen molar-refractivity contribution in [3.63, 3.8) is 0 Å². The SMILES string of the molecule is C=CC(=O)Nc1cccc(C)c1N(c1ncccn1)n1cc(CN2CC(O)C2)c(C)n1. The van der Waals surface area contributed by atoms with Crippen LogP contribution in [0, 0.1) is 13.8 Å². The zero-order valence-electron chi connectivity index (χ0n) is 17.6. The maximum atomic E-state index is 12.1. The molecule has 2 aromatic heterocycles. The third-order valence-electron chi connectivity index (χ3n) is 5.16. The molecule has 9 heteroatoms. The summed E-state index contributed by atoms with van der Waals surface area (Å²) in [4.78, 5) is 24.8. The molecule has 4 rings (SSSR count). The number of hydrogen-bond acceptors (Lipinski definition) is 7. The third kappa shape index (κ3) is 4.32. The Kier molecular flexibility index (Phi) is 5.79. The number of anilines is 3. The zero-order valence-corrected chi connectivity index (χ0v) is 17.6. The van der Waals surface area contributed by atoms with Gasteiger partial charge in [-0.3, -0.25) is 9.69 Å². The van der Waals surface area contributed by atoms with Crippen molar-refractivity contribution < 1.29 is 9.90 Å². The van der Waals surface area contributed by atoms with Gasteiger partial charge in [0.15, 0.2) is 0 Å². The standard InChI is InChI=1S/C22H25N7O2/c1-4-20(31)25-19-8-5-7-15(2)21(19)29(22-23-9-6-10-24-22)28-12-17(16(3)26-28)11-27-13-18(30)14-27/h4-10,12,18,30H,1,11,13-14H2,2-3H3,(H,25,31). The highest BCUT2D eigenvalue weighted by atomic mass is 16.3. The van der Waals surface area contributed by atoms with Crippen molar-refractivity contribution in [1.82, 2.24) is 24.8 Å². The summed E-state index contributed by atoms with van der Waals surface area (Å²) < 4.78 is 0. The normalized spacial score (nSPS) is 14.2. The van der Waals surface area contributed by atoms with Gasteiger partial charge >= 0.3 is 0 Å². The first-order valence-electron chi connectivity index (χ1n) is 10.0. The van der Waals surface area contributed by atoms with E-state index in [1.54, 1.807) is 28.3 Å². The number of amides is 1. The Labute approximate surface area is 180 Å². The lowest BCUT2D eigenvalue weighted by molar-refractivity contribution is -0.111. The maximum absolute atomic E-state index is 12.1. The lowest BCUT2D eigenvalue weighted by Gasteiger charge is -2.35. The molecule has 2 N–H and O–H groups in total. The van der Waals surface area contributed by atoms with Gasteiger partial charge < -0.3 is 10.4 Å². The lowest BCUT2D eigenvalue weighted by Crippen LogP contribution is -2.49. The first-order valence-corrected chi connectivity index (χ1v) is 10.0. The van der Waals surface area contributed by atoms with Crippen LogP contribution < -0.4 is 10.3 Å². The van der Waals surface area contributed by atoms with Gasteiger partial charge in [-0.15, -0.1) is 0 Å². The Hall–Kier alpha value is -3.56. The topological polar surface area (TPSA) is 99.4 Å². The van der Waals surface area contributed by atoms with Crippen LogP contribution in [0.15, 0.2) is 55.5 Å². The molecule has 31 heavy (non-hydrogen) atoms. The molecule has 1 fully saturated rings. The molecule has 1 aliphatic rings. The molecule has 3 aromatic rings. The number of carbonyl (C=O) groups is 1. The molecule has 0 saturated carbocycles. The van der Waals surface area contributed by atoms with E-state index in [4.69, 9.17) is 5.10 Å². The Balaban J connectivity index is 1.79. The van der Waals surface area contributed by atoms with E-state index in [1.165, 1.54) is 6.08 Å². The number of para-hydroxylation sites is 1. The highest BCUT2D eigenvalue weighted by molar-refractivity contribution is 6.01. The molecule has 0 unspecified atom stereocenters. The molecule has 1 saturated heterocycles. The smallest absolute Gasteiger partial charge is 0.251 e. The molecular weight excluding hydrogens is 394 g/mol. The average Bonchev–Trinajstić information content (AvgIpc) is 3.09. The Bertz CT molecular complexity index is 1090. The first kappa shape index (κ1) is 20.7. The van der Waals surface area contributed by atoms with Crippen molar-refractivity contribution >= 4 is 23.2 Å². The fourth-order valence-corrected chi connectivity index (χ4v) is 3.57. The number of aromatic nitrogens is 4. The second kappa shape index (κ2) is 8.66. The van der Waals surface area contributed by atoms with Gasteiger partial charge in [0.05, 0.1) is 29.4 Å². The van der Waals surface area contributed by atoms with E-state index in [9.17, 15) is 9.90 Å². The fraction of sp³-hybridized carbons (Fsp3) is 0.273. The van der Waals surface area contributed by atoms with E-state index in [0.29, 0.717) is 37.0 Å². The van der Waals surface area contributed by atoms with E-state index in [0.717, 1.165) is 16.8 Å². The fourth-order valence-electron chi connectivity index (χ4n) is 3.57. The molecule has 9 nitrogen and oxygen atoms in total. The second-order valence-electron chi connectivity index (χ2n) is 7.53. The van der Waals surface area contributed by atoms with Crippen molar-refractivity contribution in [2.75, 3.05) is 23.4 Å². The molecule has 0 radical (unpaired) electrons. The van der Waals surface area contributed by atoms with Crippen LogP contribution >= 0.6 is 0 Å². The number of aryl methyl sites for hydroxylation is 2. The number of rotatable bonds is 7. The summed E-state index contributed by atoms with van der Waals surface area (Å²) in [6.07, 6.45) is 6.23. The van der Waals surface area contributed by atoms with E-state index >= 15 is 0 Å². The molecule has 0 bridgehead atoms.